The first kappa shape index (κ1) is 16.2. The summed E-state index contributed by atoms with van der Waals surface area (Å²) in [4.78, 5) is 5.75. The van der Waals surface area contributed by atoms with Gasteiger partial charge in [0.05, 0.1) is 6.04 Å². The standard InChI is InChI=1S/C18H26N2S/c1-13(20-15(3)17-19-12-14(2)21-17)11-18(4,5)16-9-7-6-8-10-16/h6-10,12-13,15,20H,11H2,1-5H3. The Morgan fingerprint density at radius 1 is 1.19 bits per heavy atom. The van der Waals surface area contributed by atoms with Crippen LogP contribution in [0.3, 0.4) is 0 Å². The van der Waals surface area contributed by atoms with Crippen molar-refractivity contribution < 1.29 is 0 Å². The second kappa shape index (κ2) is 6.71. The van der Waals surface area contributed by atoms with Crippen LogP contribution < -0.4 is 5.32 Å². The molecular formula is C18H26N2S. The molecule has 2 nitrogen and oxygen atoms in total. The first-order chi connectivity index (χ1) is 9.88. The molecule has 0 aliphatic heterocycles. The van der Waals surface area contributed by atoms with E-state index in [1.165, 1.54) is 15.4 Å². The minimum Gasteiger partial charge on any atom is -0.306 e. The van der Waals surface area contributed by atoms with Crippen molar-refractivity contribution >= 4 is 11.3 Å². The summed E-state index contributed by atoms with van der Waals surface area (Å²) in [6, 6.07) is 11.5. The molecule has 114 valence electrons. The van der Waals surface area contributed by atoms with Crippen molar-refractivity contribution in [2.75, 3.05) is 0 Å². The van der Waals surface area contributed by atoms with Crippen molar-refractivity contribution in [1.29, 1.82) is 0 Å². The number of aryl methyl sites for hydroxylation is 1. The molecule has 21 heavy (non-hydrogen) atoms. The van der Waals surface area contributed by atoms with Gasteiger partial charge >= 0.3 is 0 Å². The zero-order valence-corrected chi connectivity index (χ0v) is 14.5. The van der Waals surface area contributed by atoms with Crippen LogP contribution in [0.1, 0.15) is 55.6 Å². The van der Waals surface area contributed by atoms with Crippen molar-refractivity contribution in [3.8, 4) is 0 Å². The summed E-state index contributed by atoms with van der Waals surface area (Å²) in [5.41, 5.74) is 1.57. The number of rotatable bonds is 6. The van der Waals surface area contributed by atoms with Gasteiger partial charge in [-0.25, -0.2) is 4.98 Å². The molecule has 2 rings (SSSR count). The molecule has 1 heterocycles. The van der Waals surface area contributed by atoms with E-state index < -0.39 is 0 Å². The molecule has 2 atom stereocenters. The van der Waals surface area contributed by atoms with E-state index in [0.717, 1.165) is 6.42 Å². The van der Waals surface area contributed by atoms with Crippen LogP contribution in [0.15, 0.2) is 36.5 Å². The van der Waals surface area contributed by atoms with Gasteiger partial charge in [-0.2, -0.15) is 0 Å². The lowest BCUT2D eigenvalue weighted by Crippen LogP contribution is -2.34. The summed E-state index contributed by atoms with van der Waals surface area (Å²) in [7, 11) is 0. The highest BCUT2D eigenvalue weighted by Crippen LogP contribution is 2.29. The van der Waals surface area contributed by atoms with Gasteiger partial charge < -0.3 is 5.32 Å². The topological polar surface area (TPSA) is 24.9 Å². The zero-order valence-electron chi connectivity index (χ0n) is 13.7. The molecule has 3 heteroatoms. The Kier molecular flexibility index (Phi) is 5.17. The molecule has 1 aromatic heterocycles. The van der Waals surface area contributed by atoms with E-state index in [1.54, 1.807) is 11.3 Å². The van der Waals surface area contributed by atoms with Crippen LogP contribution in [0.2, 0.25) is 0 Å². The highest BCUT2D eigenvalue weighted by atomic mass is 32.1. The summed E-state index contributed by atoms with van der Waals surface area (Å²) >= 11 is 1.78. The normalized spacial score (nSPS) is 14.9. The minimum atomic E-state index is 0.173. The third-order valence-corrected chi connectivity index (χ3v) is 5.01. The fourth-order valence-electron chi connectivity index (χ4n) is 2.90. The molecule has 0 radical (unpaired) electrons. The molecule has 1 N–H and O–H groups in total. The molecule has 0 saturated heterocycles. The largest absolute Gasteiger partial charge is 0.306 e. The van der Waals surface area contributed by atoms with Gasteiger partial charge in [0.2, 0.25) is 0 Å². The molecular weight excluding hydrogens is 276 g/mol. The van der Waals surface area contributed by atoms with Crippen LogP contribution in [0.25, 0.3) is 0 Å². The van der Waals surface area contributed by atoms with Gasteiger partial charge in [0.1, 0.15) is 5.01 Å². The van der Waals surface area contributed by atoms with E-state index in [4.69, 9.17) is 0 Å². The second-order valence-corrected chi connectivity index (χ2v) is 7.82. The molecule has 0 amide bonds. The Labute approximate surface area is 132 Å². The van der Waals surface area contributed by atoms with E-state index in [2.05, 4.69) is 75.3 Å². The maximum Gasteiger partial charge on any atom is 0.109 e. The van der Waals surface area contributed by atoms with Gasteiger partial charge in [-0.05, 0) is 38.2 Å². The number of nitrogens with zero attached hydrogens (tertiary/aromatic N) is 1. The Bertz CT molecular complexity index is 560. The molecule has 1 aromatic carbocycles. The number of nitrogens with one attached hydrogen (secondary N) is 1. The Hall–Kier alpha value is -1.19. The molecule has 0 aliphatic carbocycles. The molecule has 0 saturated carbocycles. The van der Waals surface area contributed by atoms with Crippen molar-refractivity contribution in [1.82, 2.24) is 10.3 Å². The number of hydrogen-bond donors (Lipinski definition) is 1. The average Bonchev–Trinajstić information content (AvgIpc) is 2.86. The van der Waals surface area contributed by atoms with Crippen molar-refractivity contribution in [2.24, 2.45) is 0 Å². The summed E-state index contributed by atoms with van der Waals surface area (Å²) in [5.74, 6) is 0. The van der Waals surface area contributed by atoms with Gasteiger partial charge in [0, 0.05) is 17.1 Å². The summed E-state index contributed by atoms with van der Waals surface area (Å²) in [6.07, 6.45) is 3.06. The number of aromatic nitrogens is 1. The molecule has 0 aliphatic rings. The summed E-state index contributed by atoms with van der Waals surface area (Å²) in [5, 5.41) is 4.86. The monoisotopic (exact) mass is 302 g/mol. The zero-order chi connectivity index (χ0) is 15.5. The predicted octanol–water partition coefficient (Wildman–Crippen LogP) is 4.86. The smallest absolute Gasteiger partial charge is 0.109 e. The van der Waals surface area contributed by atoms with Crippen LogP contribution in [-0.4, -0.2) is 11.0 Å². The van der Waals surface area contributed by atoms with Gasteiger partial charge in [-0.15, -0.1) is 11.3 Å². The van der Waals surface area contributed by atoms with Crippen LogP contribution >= 0.6 is 11.3 Å². The Morgan fingerprint density at radius 2 is 1.86 bits per heavy atom. The maximum absolute atomic E-state index is 4.48. The lowest BCUT2D eigenvalue weighted by atomic mass is 9.79. The summed E-state index contributed by atoms with van der Waals surface area (Å²) in [6.45, 7) is 11.2. The van der Waals surface area contributed by atoms with E-state index >= 15 is 0 Å². The fourth-order valence-corrected chi connectivity index (χ4v) is 3.69. The van der Waals surface area contributed by atoms with Gasteiger partial charge in [0.25, 0.3) is 0 Å². The Morgan fingerprint density at radius 3 is 2.43 bits per heavy atom. The highest BCUT2D eigenvalue weighted by molar-refractivity contribution is 7.11. The fraction of sp³-hybridized carbons (Fsp3) is 0.500. The molecule has 2 aromatic rings. The van der Waals surface area contributed by atoms with Crippen LogP contribution in [0.5, 0.6) is 0 Å². The molecule has 0 bridgehead atoms. The number of benzene rings is 1. The van der Waals surface area contributed by atoms with Gasteiger partial charge in [-0.3, -0.25) is 0 Å². The van der Waals surface area contributed by atoms with Crippen LogP contribution in [0, 0.1) is 6.92 Å². The first-order valence-corrected chi connectivity index (χ1v) is 8.44. The third kappa shape index (κ3) is 4.39. The van der Waals surface area contributed by atoms with Crippen LogP contribution in [-0.2, 0) is 5.41 Å². The maximum atomic E-state index is 4.48. The first-order valence-electron chi connectivity index (χ1n) is 7.62. The lowest BCUT2D eigenvalue weighted by Gasteiger charge is -2.30. The quantitative estimate of drug-likeness (QED) is 0.824. The number of hydrogen-bond acceptors (Lipinski definition) is 3. The van der Waals surface area contributed by atoms with E-state index in [-0.39, 0.29) is 5.41 Å². The van der Waals surface area contributed by atoms with E-state index in [9.17, 15) is 0 Å². The number of thiazole rings is 1. The molecule has 2 unspecified atom stereocenters. The van der Waals surface area contributed by atoms with Gasteiger partial charge in [-0.1, -0.05) is 44.2 Å². The molecule has 0 fully saturated rings. The average molecular weight is 302 g/mol. The van der Waals surface area contributed by atoms with Crippen molar-refractivity contribution in [3.05, 3.63) is 52.0 Å². The SMILES string of the molecule is Cc1cnc(C(C)NC(C)CC(C)(C)c2ccccc2)s1. The predicted molar refractivity (Wildman–Crippen MR) is 91.9 cm³/mol. The second-order valence-electron chi connectivity index (χ2n) is 6.55. The minimum absolute atomic E-state index is 0.173. The van der Waals surface area contributed by atoms with E-state index in [1.807, 2.05) is 6.20 Å². The van der Waals surface area contributed by atoms with E-state index in [0.29, 0.717) is 12.1 Å². The lowest BCUT2D eigenvalue weighted by molar-refractivity contribution is 0.366. The van der Waals surface area contributed by atoms with Crippen molar-refractivity contribution in [3.63, 3.8) is 0 Å². The highest BCUT2D eigenvalue weighted by Gasteiger charge is 2.24. The van der Waals surface area contributed by atoms with Crippen LogP contribution in [0.4, 0.5) is 0 Å². The third-order valence-electron chi connectivity index (χ3n) is 3.92. The Balaban J connectivity index is 1.96. The van der Waals surface area contributed by atoms with Gasteiger partial charge in [0.15, 0.2) is 0 Å². The molecule has 0 spiro atoms. The summed E-state index contributed by atoms with van der Waals surface area (Å²) < 4.78 is 0. The van der Waals surface area contributed by atoms with Crippen molar-refractivity contribution in [2.45, 2.75) is 58.5 Å².